The van der Waals surface area contributed by atoms with Crippen LogP contribution in [0.3, 0.4) is 0 Å². The molecule has 0 aromatic heterocycles. The first kappa shape index (κ1) is 15.9. The predicted octanol–water partition coefficient (Wildman–Crippen LogP) is 3.54. The van der Waals surface area contributed by atoms with Crippen LogP contribution in [0.5, 0.6) is 11.5 Å². The van der Waals surface area contributed by atoms with Crippen LogP contribution in [0.4, 0.5) is 13.2 Å². The van der Waals surface area contributed by atoms with Gasteiger partial charge in [0.25, 0.3) is 0 Å². The van der Waals surface area contributed by atoms with Gasteiger partial charge < -0.3 is 14.8 Å². The van der Waals surface area contributed by atoms with E-state index in [0.717, 1.165) is 6.42 Å². The highest BCUT2D eigenvalue weighted by atomic mass is 19.4. The van der Waals surface area contributed by atoms with Crippen molar-refractivity contribution in [1.82, 2.24) is 5.32 Å². The minimum absolute atomic E-state index is 0.0142. The highest BCUT2D eigenvalue weighted by Crippen LogP contribution is 2.32. The van der Waals surface area contributed by atoms with Crippen LogP contribution in [-0.4, -0.2) is 31.5 Å². The molecule has 0 spiro atoms. The molecule has 0 bridgehead atoms. The zero-order chi connectivity index (χ0) is 15.3. The number of fused-ring (bicyclic) bond motifs is 1. The van der Waals surface area contributed by atoms with Crippen LogP contribution in [0, 0.1) is 0 Å². The summed E-state index contributed by atoms with van der Waals surface area (Å²) in [6.45, 7) is 2.89. The van der Waals surface area contributed by atoms with Gasteiger partial charge in [-0.05, 0) is 31.5 Å². The van der Waals surface area contributed by atoms with Gasteiger partial charge in [0.2, 0.25) is 0 Å². The lowest BCUT2D eigenvalue weighted by Gasteiger charge is -2.33. The van der Waals surface area contributed by atoms with E-state index >= 15 is 0 Å². The van der Waals surface area contributed by atoms with Gasteiger partial charge in [0.1, 0.15) is 12.7 Å². The molecule has 1 aliphatic rings. The Balaban J connectivity index is 2.00. The third-order valence-corrected chi connectivity index (χ3v) is 3.37. The maximum atomic E-state index is 12.4. The number of halogens is 3. The molecule has 2 rings (SSSR count). The Morgan fingerprint density at radius 1 is 1.29 bits per heavy atom. The molecule has 1 aromatic rings. The second kappa shape index (κ2) is 7.02. The van der Waals surface area contributed by atoms with E-state index in [1.54, 1.807) is 12.1 Å². The fourth-order valence-corrected chi connectivity index (χ4v) is 2.30. The van der Waals surface area contributed by atoms with Crippen molar-refractivity contribution in [2.45, 2.75) is 44.5 Å². The highest BCUT2D eigenvalue weighted by molar-refractivity contribution is 5.40. The van der Waals surface area contributed by atoms with Crippen LogP contribution in [0.1, 0.15) is 26.2 Å². The average Bonchev–Trinajstić information content (AvgIpc) is 2.46. The topological polar surface area (TPSA) is 30.5 Å². The van der Waals surface area contributed by atoms with Gasteiger partial charge in [-0.25, -0.2) is 0 Å². The molecule has 2 atom stereocenters. The van der Waals surface area contributed by atoms with Crippen LogP contribution in [0.25, 0.3) is 0 Å². The SMILES string of the molecule is CCCNC(CCC(F)(F)F)C1COc2ccccc2O1. The van der Waals surface area contributed by atoms with E-state index in [-0.39, 0.29) is 19.1 Å². The summed E-state index contributed by atoms with van der Waals surface area (Å²) in [4.78, 5) is 0. The molecule has 1 N–H and O–H groups in total. The molecular formula is C15H20F3NO2. The smallest absolute Gasteiger partial charge is 0.389 e. The fraction of sp³-hybridized carbons (Fsp3) is 0.600. The Kier molecular flexibility index (Phi) is 5.33. The molecule has 1 heterocycles. The molecule has 1 aromatic carbocycles. The Labute approximate surface area is 122 Å². The molecule has 1 aliphatic heterocycles. The first-order chi connectivity index (χ1) is 9.99. The number of ether oxygens (including phenoxy) is 2. The highest BCUT2D eigenvalue weighted by Gasteiger charge is 2.33. The molecule has 0 saturated heterocycles. The van der Waals surface area contributed by atoms with E-state index < -0.39 is 18.7 Å². The summed E-state index contributed by atoms with van der Waals surface area (Å²) in [5.41, 5.74) is 0. The van der Waals surface area contributed by atoms with E-state index in [0.29, 0.717) is 18.0 Å². The Morgan fingerprint density at radius 3 is 2.67 bits per heavy atom. The fourth-order valence-electron chi connectivity index (χ4n) is 2.30. The van der Waals surface area contributed by atoms with Crippen molar-refractivity contribution < 1.29 is 22.6 Å². The monoisotopic (exact) mass is 303 g/mol. The van der Waals surface area contributed by atoms with E-state index in [1.807, 2.05) is 19.1 Å². The molecule has 0 saturated carbocycles. The lowest BCUT2D eigenvalue weighted by molar-refractivity contribution is -0.138. The lowest BCUT2D eigenvalue weighted by atomic mass is 10.0. The first-order valence-electron chi connectivity index (χ1n) is 7.18. The summed E-state index contributed by atoms with van der Waals surface area (Å²) in [6, 6.07) is 6.82. The minimum atomic E-state index is -4.15. The maximum Gasteiger partial charge on any atom is 0.389 e. The molecule has 0 amide bonds. The zero-order valence-electron chi connectivity index (χ0n) is 12.0. The molecule has 2 unspecified atom stereocenters. The Bertz CT molecular complexity index is 451. The minimum Gasteiger partial charge on any atom is -0.486 e. The van der Waals surface area contributed by atoms with Gasteiger partial charge in [0.05, 0.1) is 0 Å². The quantitative estimate of drug-likeness (QED) is 0.872. The van der Waals surface area contributed by atoms with Crippen LogP contribution >= 0.6 is 0 Å². The van der Waals surface area contributed by atoms with Gasteiger partial charge in [-0.3, -0.25) is 0 Å². The molecule has 0 fully saturated rings. The van der Waals surface area contributed by atoms with Crippen molar-refractivity contribution in [1.29, 1.82) is 0 Å². The predicted molar refractivity (Wildman–Crippen MR) is 73.7 cm³/mol. The van der Waals surface area contributed by atoms with E-state index in [2.05, 4.69) is 5.32 Å². The lowest BCUT2D eigenvalue weighted by Crippen LogP contribution is -2.48. The van der Waals surface area contributed by atoms with Crippen molar-refractivity contribution >= 4 is 0 Å². The summed E-state index contributed by atoms with van der Waals surface area (Å²) in [7, 11) is 0. The Morgan fingerprint density at radius 2 is 2.00 bits per heavy atom. The second-order valence-electron chi connectivity index (χ2n) is 5.13. The van der Waals surface area contributed by atoms with Crippen LogP contribution in [-0.2, 0) is 0 Å². The van der Waals surface area contributed by atoms with Crippen molar-refractivity contribution in [2.75, 3.05) is 13.2 Å². The van der Waals surface area contributed by atoms with Crippen molar-refractivity contribution in [2.24, 2.45) is 0 Å². The van der Waals surface area contributed by atoms with Gasteiger partial charge in [-0.15, -0.1) is 0 Å². The zero-order valence-corrected chi connectivity index (χ0v) is 12.0. The third kappa shape index (κ3) is 4.81. The molecule has 3 nitrogen and oxygen atoms in total. The summed E-state index contributed by atoms with van der Waals surface area (Å²) >= 11 is 0. The summed E-state index contributed by atoms with van der Waals surface area (Å²) in [6.07, 6.45) is -4.55. The summed E-state index contributed by atoms with van der Waals surface area (Å²) in [5.74, 6) is 1.22. The average molecular weight is 303 g/mol. The van der Waals surface area contributed by atoms with Crippen molar-refractivity contribution in [3.05, 3.63) is 24.3 Å². The van der Waals surface area contributed by atoms with Gasteiger partial charge in [-0.1, -0.05) is 19.1 Å². The number of nitrogens with one attached hydrogen (secondary N) is 1. The van der Waals surface area contributed by atoms with Crippen LogP contribution < -0.4 is 14.8 Å². The largest absolute Gasteiger partial charge is 0.486 e. The number of alkyl halides is 3. The number of benzene rings is 1. The van der Waals surface area contributed by atoms with Crippen molar-refractivity contribution in [3.63, 3.8) is 0 Å². The molecule has 6 heteroatoms. The number of hydrogen-bond acceptors (Lipinski definition) is 3. The standard InChI is InChI=1S/C15H20F3NO2/c1-2-9-19-11(7-8-15(16,17)18)14-10-20-12-5-3-4-6-13(12)21-14/h3-6,11,14,19H,2,7-10H2,1H3. The number of para-hydroxylation sites is 2. The van der Waals surface area contributed by atoms with Crippen LogP contribution in [0.15, 0.2) is 24.3 Å². The Hall–Kier alpha value is -1.43. The molecule has 118 valence electrons. The van der Waals surface area contributed by atoms with Gasteiger partial charge in [0.15, 0.2) is 11.5 Å². The second-order valence-corrected chi connectivity index (χ2v) is 5.13. The summed E-state index contributed by atoms with van der Waals surface area (Å²) < 4.78 is 48.7. The van der Waals surface area contributed by atoms with Gasteiger partial charge in [0, 0.05) is 12.5 Å². The van der Waals surface area contributed by atoms with E-state index in [9.17, 15) is 13.2 Å². The normalized spacial score (nSPS) is 19.3. The molecule has 0 radical (unpaired) electrons. The van der Waals surface area contributed by atoms with E-state index in [4.69, 9.17) is 9.47 Å². The number of rotatable bonds is 6. The molecular weight excluding hydrogens is 283 g/mol. The third-order valence-electron chi connectivity index (χ3n) is 3.37. The van der Waals surface area contributed by atoms with Gasteiger partial charge >= 0.3 is 6.18 Å². The maximum absolute atomic E-state index is 12.4. The van der Waals surface area contributed by atoms with Gasteiger partial charge in [-0.2, -0.15) is 13.2 Å². The molecule has 21 heavy (non-hydrogen) atoms. The number of hydrogen-bond donors (Lipinski definition) is 1. The first-order valence-corrected chi connectivity index (χ1v) is 7.18. The van der Waals surface area contributed by atoms with E-state index in [1.165, 1.54) is 0 Å². The molecule has 0 aliphatic carbocycles. The summed E-state index contributed by atoms with van der Waals surface area (Å²) in [5, 5.41) is 3.14. The van der Waals surface area contributed by atoms with Crippen molar-refractivity contribution in [3.8, 4) is 11.5 Å². The van der Waals surface area contributed by atoms with Crippen LogP contribution in [0.2, 0.25) is 0 Å².